The number of amides is 1. The fourth-order valence-corrected chi connectivity index (χ4v) is 1.90. The topological polar surface area (TPSA) is 88.0 Å². The largest absolute Gasteiger partial charge is 0.488 e. The number of hydrogen-bond donors (Lipinski definition) is 3. The second-order valence-corrected chi connectivity index (χ2v) is 6.20. The Labute approximate surface area is 142 Å². The maximum Gasteiger partial charge on any atom is 0.488 e. The smallest absolute Gasteiger partial charge is 0.457 e. The van der Waals surface area contributed by atoms with Gasteiger partial charge in [-0.3, -0.25) is 5.32 Å². The number of anilines is 1. The molecule has 0 atom stereocenters. The highest BCUT2D eigenvalue weighted by atomic mass is 16.6. The summed E-state index contributed by atoms with van der Waals surface area (Å²) < 4.78 is 10.9. The number of carbonyl (C=O) groups is 1. The summed E-state index contributed by atoms with van der Waals surface area (Å²) in [6.07, 6.45) is -0.541. The maximum absolute atomic E-state index is 11.8. The van der Waals surface area contributed by atoms with Crippen LogP contribution in [0.1, 0.15) is 22.2 Å². The highest BCUT2D eigenvalue weighted by Crippen LogP contribution is 2.24. The molecule has 0 saturated carbocycles. The van der Waals surface area contributed by atoms with E-state index in [0.29, 0.717) is 22.6 Å². The Morgan fingerprint density at radius 2 is 1.75 bits per heavy atom. The van der Waals surface area contributed by atoms with Crippen LogP contribution in [0, 0.1) is 0 Å². The van der Waals surface area contributed by atoms with Crippen molar-refractivity contribution in [3.8, 4) is 11.5 Å². The molecule has 0 fully saturated rings. The molecule has 128 valence electrons. The van der Waals surface area contributed by atoms with Gasteiger partial charge in [-0.05, 0) is 50.5 Å². The van der Waals surface area contributed by atoms with Crippen molar-refractivity contribution >= 4 is 24.4 Å². The SMILES string of the molecule is CC(C)(C)OC(=O)Nc1cccc(Oc2ccc(B(O)O)cc2)c1.[HH]. The Morgan fingerprint density at radius 1 is 1.08 bits per heavy atom. The third-order valence-electron chi connectivity index (χ3n) is 2.89. The van der Waals surface area contributed by atoms with E-state index < -0.39 is 18.8 Å². The molecule has 6 nitrogen and oxygen atoms in total. The summed E-state index contributed by atoms with van der Waals surface area (Å²) in [5, 5.41) is 20.8. The van der Waals surface area contributed by atoms with Crippen LogP contribution in [0.4, 0.5) is 10.5 Å². The van der Waals surface area contributed by atoms with Gasteiger partial charge < -0.3 is 19.5 Å². The number of ether oxygens (including phenoxy) is 2. The molecule has 0 bridgehead atoms. The van der Waals surface area contributed by atoms with Crippen LogP contribution in [-0.2, 0) is 4.74 Å². The van der Waals surface area contributed by atoms with Gasteiger partial charge in [-0.1, -0.05) is 18.2 Å². The van der Waals surface area contributed by atoms with Crippen LogP contribution in [0.15, 0.2) is 48.5 Å². The van der Waals surface area contributed by atoms with E-state index in [2.05, 4.69) is 5.32 Å². The van der Waals surface area contributed by atoms with Crippen LogP contribution >= 0.6 is 0 Å². The first-order valence-corrected chi connectivity index (χ1v) is 7.47. The molecule has 3 N–H and O–H groups in total. The van der Waals surface area contributed by atoms with E-state index in [1.807, 2.05) is 0 Å². The minimum atomic E-state index is -1.51. The van der Waals surface area contributed by atoms with E-state index in [1.165, 1.54) is 0 Å². The Balaban J connectivity index is 0.00000312. The van der Waals surface area contributed by atoms with Crippen LogP contribution in [0.25, 0.3) is 0 Å². The molecule has 0 aliphatic rings. The predicted molar refractivity (Wildman–Crippen MR) is 94.8 cm³/mol. The average molecular weight is 331 g/mol. The lowest BCUT2D eigenvalue weighted by Gasteiger charge is -2.19. The summed E-state index contributed by atoms with van der Waals surface area (Å²) in [6.45, 7) is 5.37. The number of benzene rings is 2. The summed E-state index contributed by atoms with van der Waals surface area (Å²) >= 11 is 0. The van der Waals surface area contributed by atoms with Gasteiger partial charge in [0.15, 0.2) is 0 Å². The average Bonchev–Trinajstić information content (AvgIpc) is 2.46. The van der Waals surface area contributed by atoms with Crippen LogP contribution in [0.3, 0.4) is 0 Å². The van der Waals surface area contributed by atoms with E-state index in [0.717, 1.165) is 0 Å². The summed E-state index contributed by atoms with van der Waals surface area (Å²) in [7, 11) is -1.51. The quantitative estimate of drug-likeness (QED) is 0.750. The molecule has 2 aromatic rings. The van der Waals surface area contributed by atoms with Gasteiger partial charge in [0.05, 0.1) is 0 Å². The predicted octanol–water partition coefficient (Wildman–Crippen LogP) is 2.75. The minimum absolute atomic E-state index is 0. The zero-order valence-electron chi connectivity index (χ0n) is 13.8. The number of carbonyl (C=O) groups excluding carboxylic acids is 1. The third-order valence-corrected chi connectivity index (χ3v) is 2.89. The van der Waals surface area contributed by atoms with E-state index in [-0.39, 0.29) is 1.43 Å². The van der Waals surface area contributed by atoms with Gasteiger partial charge in [0.2, 0.25) is 0 Å². The summed E-state index contributed by atoms with van der Waals surface area (Å²) in [5.74, 6) is 1.06. The van der Waals surface area contributed by atoms with E-state index >= 15 is 0 Å². The van der Waals surface area contributed by atoms with Crippen molar-refractivity contribution in [2.45, 2.75) is 26.4 Å². The lowest BCUT2D eigenvalue weighted by molar-refractivity contribution is 0.0636. The Bertz CT molecular complexity index is 701. The molecule has 0 unspecified atom stereocenters. The first kappa shape index (κ1) is 17.8. The maximum atomic E-state index is 11.8. The second kappa shape index (κ2) is 7.38. The fourth-order valence-electron chi connectivity index (χ4n) is 1.90. The van der Waals surface area contributed by atoms with Crippen molar-refractivity contribution in [2.24, 2.45) is 0 Å². The molecular formula is C17H22BNO5. The fraction of sp³-hybridized carbons (Fsp3) is 0.235. The van der Waals surface area contributed by atoms with Gasteiger partial charge in [0, 0.05) is 13.2 Å². The highest BCUT2D eigenvalue weighted by molar-refractivity contribution is 6.58. The molecule has 2 rings (SSSR count). The molecule has 0 spiro atoms. The number of hydrogen-bond acceptors (Lipinski definition) is 5. The summed E-state index contributed by atoms with van der Waals surface area (Å²) in [6, 6.07) is 13.3. The Hall–Kier alpha value is -2.51. The van der Waals surface area contributed by atoms with Gasteiger partial charge in [0.25, 0.3) is 0 Å². The van der Waals surface area contributed by atoms with Gasteiger partial charge in [0.1, 0.15) is 17.1 Å². The molecule has 0 radical (unpaired) electrons. The van der Waals surface area contributed by atoms with E-state index in [9.17, 15) is 4.79 Å². The molecule has 24 heavy (non-hydrogen) atoms. The third kappa shape index (κ3) is 5.60. The number of rotatable bonds is 4. The molecule has 0 heterocycles. The molecule has 0 aliphatic heterocycles. The van der Waals surface area contributed by atoms with Gasteiger partial charge in [-0.15, -0.1) is 0 Å². The lowest BCUT2D eigenvalue weighted by Crippen LogP contribution is -2.29. The first-order valence-electron chi connectivity index (χ1n) is 7.47. The van der Waals surface area contributed by atoms with E-state index in [4.69, 9.17) is 19.5 Å². The van der Waals surface area contributed by atoms with Crippen molar-refractivity contribution in [1.82, 2.24) is 0 Å². The van der Waals surface area contributed by atoms with Crippen molar-refractivity contribution in [3.63, 3.8) is 0 Å². The van der Waals surface area contributed by atoms with Crippen LogP contribution < -0.4 is 15.5 Å². The van der Waals surface area contributed by atoms with Gasteiger partial charge in [-0.2, -0.15) is 0 Å². The Kier molecular flexibility index (Phi) is 5.48. The molecule has 0 aromatic heterocycles. The molecule has 7 heteroatoms. The summed E-state index contributed by atoms with van der Waals surface area (Å²) in [5.41, 5.74) is 0.351. The van der Waals surface area contributed by atoms with Gasteiger partial charge >= 0.3 is 13.2 Å². The zero-order valence-corrected chi connectivity index (χ0v) is 13.8. The van der Waals surface area contributed by atoms with Crippen molar-refractivity contribution in [3.05, 3.63) is 48.5 Å². The van der Waals surface area contributed by atoms with Crippen LogP contribution in [0.5, 0.6) is 11.5 Å². The van der Waals surface area contributed by atoms with Crippen molar-refractivity contribution in [1.29, 1.82) is 0 Å². The molecule has 0 aliphatic carbocycles. The number of nitrogens with one attached hydrogen (secondary N) is 1. The monoisotopic (exact) mass is 331 g/mol. The highest BCUT2D eigenvalue weighted by Gasteiger charge is 2.16. The van der Waals surface area contributed by atoms with Gasteiger partial charge in [-0.25, -0.2) is 4.79 Å². The van der Waals surface area contributed by atoms with Crippen molar-refractivity contribution in [2.75, 3.05) is 5.32 Å². The van der Waals surface area contributed by atoms with Crippen LogP contribution in [-0.4, -0.2) is 28.9 Å². The van der Waals surface area contributed by atoms with Crippen LogP contribution in [0.2, 0.25) is 0 Å². The van der Waals surface area contributed by atoms with Crippen molar-refractivity contribution < 1.29 is 25.7 Å². The normalized spacial score (nSPS) is 10.9. The molecule has 0 saturated heterocycles. The standard InChI is InChI=1S/C17H20BNO5.H2/c1-17(2,3)24-16(20)19-13-5-4-6-15(11-13)23-14-9-7-12(8-10-14)18(21)22;/h4-11,21-22H,1-3H3,(H,19,20);1H. The van der Waals surface area contributed by atoms with E-state index in [1.54, 1.807) is 69.3 Å². The Morgan fingerprint density at radius 3 is 2.33 bits per heavy atom. The molecular weight excluding hydrogens is 309 g/mol. The molecule has 1 amide bonds. The lowest BCUT2D eigenvalue weighted by atomic mass is 9.80. The second-order valence-electron chi connectivity index (χ2n) is 6.20. The molecule has 2 aromatic carbocycles. The summed E-state index contributed by atoms with van der Waals surface area (Å²) in [4.78, 5) is 11.8. The zero-order chi connectivity index (χ0) is 17.7. The minimum Gasteiger partial charge on any atom is -0.457 e. The first-order chi connectivity index (χ1) is 11.2.